The van der Waals surface area contributed by atoms with Crippen LogP contribution in [0.2, 0.25) is 5.02 Å². The fraction of sp³-hybridized carbons (Fsp3) is 0.111. The van der Waals surface area contributed by atoms with Gasteiger partial charge < -0.3 is 4.74 Å². The number of halogens is 1. The Morgan fingerprint density at radius 3 is 2.78 bits per heavy atom. The fourth-order valence-electron chi connectivity index (χ4n) is 1.76. The molecule has 5 heteroatoms. The van der Waals surface area contributed by atoms with Crippen LogP contribution in [-0.2, 0) is 4.79 Å². The maximum absolute atomic E-state index is 11.6. The molecule has 0 bridgehead atoms. The first-order valence-corrected chi connectivity index (χ1v) is 7.45. The second-order valence-corrected chi connectivity index (χ2v) is 5.19. The standard InChI is InChI=1S/C18H17ClN2O2/c1-14-12-16(9-10-17(14)19)23-13-18(22)21-20-11-5-8-15-6-3-2-4-7-15/h2-12H,13H2,1H3,(H,21,22). The zero-order valence-electron chi connectivity index (χ0n) is 12.7. The number of carbonyl (C=O) groups excluding carboxylic acids is 1. The van der Waals surface area contributed by atoms with Gasteiger partial charge in [0.25, 0.3) is 5.91 Å². The Hall–Kier alpha value is -2.59. The molecule has 1 N–H and O–H groups in total. The van der Waals surface area contributed by atoms with E-state index in [0.717, 1.165) is 11.1 Å². The molecule has 1 amide bonds. The van der Waals surface area contributed by atoms with Crippen LogP contribution >= 0.6 is 11.6 Å². The number of nitrogens with zero attached hydrogens (tertiary/aromatic N) is 1. The molecule has 23 heavy (non-hydrogen) atoms. The van der Waals surface area contributed by atoms with Gasteiger partial charge in [-0.1, -0.05) is 48.0 Å². The van der Waals surface area contributed by atoms with E-state index >= 15 is 0 Å². The van der Waals surface area contributed by atoms with Crippen molar-refractivity contribution in [1.82, 2.24) is 5.43 Å². The number of allylic oxidation sites excluding steroid dienone is 1. The van der Waals surface area contributed by atoms with Gasteiger partial charge in [0.2, 0.25) is 0 Å². The molecule has 0 heterocycles. The topological polar surface area (TPSA) is 50.7 Å². The third-order valence-electron chi connectivity index (χ3n) is 2.94. The number of aryl methyl sites for hydroxylation is 1. The predicted octanol–water partition coefficient (Wildman–Crippen LogP) is 3.84. The highest BCUT2D eigenvalue weighted by Gasteiger charge is 2.02. The molecule has 0 aromatic heterocycles. The molecule has 0 saturated heterocycles. The number of ether oxygens (including phenoxy) is 1. The largest absolute Gasteiger partial charge is 0.484 e. The summed E-state index contributed by atoms with van der Waals surface area (Å²) in [5.41, 5.74) is 4.35. The lowest BCUT2D eigenvalue weighted by Crippen LogP contribution is -2.24. The average Bonchev–Trinajstić information content (AvgIpc) is 2.56. The minimum absolute atomic E-state index is 0.110. The van der Waals surface area contributed by atoms with Crippen LogP contribution in [0.4, 0.5) is 0 Å². The summed E-state index contributed by atoms with van der Waals surface area (Å²) >= 11 is 5.93. The maximum atomic E-state index is 11.6. The number of hydrogen-bond donors (Lipinski definition) is 1. The summed E-state index contributed by atoms with van der Waals surface area (Å²) in [5, 5.41) is 4.48. The van der Waals surface area contributed by atoms with Crippen LogP contribution in [0.3, 0.4) is 0 Å². The summed E-state index contributed by atoms with van der Waals surface area (Å²) in [4.78, 5) is 11.6. The van der Waals surface area contributed by atoms with Crippen LogP contribution in [-0.4, -0.2) is 18.7 Å². The Bertz CT molecular complexity index is 712. The van der Waals surface area contributed by atoms with Gasteiger partial charge in [-0.3, -0.25) is 4.79 Å². The highest BCUT2D eigenvalue weighted by atomic mass is 35.5. The van der Waals surface area contributed by atoms with E-state index in [1.807, 2.05) is 43.3 Å². The van der Waals surface area contributed by atoms with Crippen molar-refractivity contribution in [3.05, 3.63) is 70.8 Å². The van der Waals surface area contributed by atoms with Gasteiger partial charge in [0, 0.05) is 11.2 Å². The summed E-state index contributed by atoms with van der Waals surface area (Å²) in [7, 11) is 0. The van der Waals surface area contributed by atoms with Crippen LogP contribution in [0, 0.1) is 6.92 Å². The number of benzene rings is 2. The van der Waals surface area contributed by atoms with Crippen molar-refractivity contribution in [1.29, 1.82) is 0 Å². The Balaban J connectivity index is 1.73. The van der Waals surface area contributed by atoms with Gasteiger partial charge in [-0.2, -0.15) is 5.10 Å². The summed E-state index contributed by atoms with van der Waals surface area (Å²) in [6.07, 6.45) is 5.15. The van der Waals surface area contributed by atoms with Crippen molar-refractivity contribution in [2.75, 3.05) is 6.61 Å². The molecule has 0 unspecified atom stereocenters. The Kier molecular flexibility index (Phi) is 6.39. The lowest BCUT2D eigenvalue weighted by molar-refractivity contribution is -0.123. The maximum Gasteiger partial charge on any atom is 0.277 e. The van der Waals surface area contributed by atoms with Crippen LogP contribution in [0.1, 0.15) is 11.1 Å². The fourth-order valence-corrected chi connectivity index (χ4v) is 1.88. The van der Waals surface area contributed by atoms with Crippen molar-refractivity contribution in [3.63, 3.8) is 0 Å². The number of hydrogen-bond acceptors (Lipinski definition) is 3. The van der Waals surface area contributed by atoms with E-state index in [1.54, 1.807) is 24.3 Å². The molecule has 118 valence electrons. The molecule has 0 aliphatic carbocycles. The normalized spacial score (nSPS) is 11.0. The second-order valence-electron chi connectivity index (χ2n) is 4.78. The zero-order chi connectivity index (χ0) is 16.5. The number of nitrogens with one attached hydrogen (secondary N) is 1. The SMILES string of the molecule is Cc1cc(OCC(=O)NN=CC=Cc2ccccc2)ccc1Cl. The molecule has 0 spiro atoms. The molecular formula is C18H17ClN2O2. The van der Waals surface area contributed by atoms with Crippen molar-refractivity contribution in [2.45, 2.75) is 6.92 Å². The van der Waals surface area contributed by atoms with Crippen LogP contribution in [0.25, 0.3) is 6.08 Å². The zero-order valence-corrected chi connectivity index (χ0v) is 13.5. The van der Waals surface area contributed by atoms with Crippen molar-refractivity contribution in [3.8, 4) is 5.75 Å². The molecular weight excluding hydrogens is 312 g/mol. The number of rotatable bonds is 6. The van der Waals surface area contributed by atoms with Gasteiger partial charge in [-0.05, 0) is 42.3 Å². The lowest BCUT2D eigenvalue weighted by atomic mass is 10.2. The second kappa shape index (κ2) is 8.76. The molecule has 0 saturated carbocycles. The summed E-state index contributed by atoms with van der Waals surface area (Å²) < 4.78 is 5.37. The van der Waals surface area contributed by atoms with Crippen LogP contribution in [0.5, 0.6) is 5.75 Å². The van der Waals surface area contributed by atoms with Gasteiger partial charge in [-0.15, -0.1) is 0 Å². The first kappa shape index (κ1) is 16.8. The van der Waals surface area contributed by atoms with Crippen LogP contribution in [0.15, 0.2) is 59.7 Å². The number of hydrazone groups is 1. The molecule has 2 rings (SSSR count). The van der Waals surface area contributed by atoms with Gasteiger partial charge in [0.05, 0.1) is 0 Å². The Morgan fingerprint density at radius 1 is 1.26 bits per heavy atom. The monoisotopic (exact) mass is 328 g/mol. The van der Waals surface area contributed by atoms with Gasteiger partial charge in [0.15, 0.2) is 6.61 Å². The van der Waals surface area contributed by atoms with E-state index in [1.165, 1.54) is 6.21 Å². The van der Waals surface area contributed by atoms with Crippen molar-refractivity contribution < 1.29 is 9.53 Å². The first-order chi connectivity index (χ1) is 11.1. The molecule has 0 atom stereocenters. The van der Waals surface area contributed by atoms with Gasteiger partial charge >= 0.3 is 0 Å². The average molecular weight is 329 g/mol. The minimum Gasteiger partial charge on any atom is -0.484 e. The molecule has 0 aliphatic heterocycles. The third kappa shape index (κ3) is 5.96. The Labute approximate surface area is 140 Å². The van der Waals surface area contributed by atoms with E-state index in [0.29, 0.717) is 10.8 Å². The molecule has 4 nitrogen and oxygen atoms in total. The summed E-state index contributed by atoms with van der Waals surface area (Å²) in [6, 6.07) is 15.0. The van der Waals surface area contributed by atoms with E-state index in [9.17, 15) is 4.79 Å². The van der Waals surface area contributed by atoms with E-state index in [-0.39, 0.29) is 12.5 Å². The van der Waals surface area contributed by atoms with Crippen molar-refractivity contribution >= 4 is 29.8 Å². The Morgan fingerprint density at radius 2 is 2.04 bits per heavy atom. The summed E-state index contributed by atoms with van der Waals surface area (Å²) in [5.74, 6) is 0.261. The number of amides is 1. The van der Waals surface area contributed by atoms with Crippen molar-refractivity contribution in [2.24, 2.45) is 5.10 Å². The quantitative estimate of drug-likeness (QED) is 0.647. The molecule has 0 fully saturated rings. The van der Waals surface area contributed by atoms with Crippen LogP contribution < -0.4 is 10.2 Å². The predicted molar refractivity (Wildman–Crippen MR) is 93.8 cm³/mol. The van der Waals surface area contributed by atoms with E-state index in [4.69, 9.17) is 16.3 Å². The molecule has 2 aromatic rings. The smallest absolute Gasteiger partial charge is 0.277 e. The van der Waals surface area contributed by atoms with E-state index < -0.39 is 0 Å². The summed E-state index contributed by atoms with van der Waals surface area (Å²) in [6.45, 7) is 1.76. The number of carbonyl (C=O) groups is 1. The molecule has 0 aliphatic rings. The molecule has 0 radical (unpaired) electrons. The van der Waals surface area contributed by atoms with Gasteiger partial charge in [0.1, 0.15) is 5.75 Å². The highest BCUT2D eigenvalue weighted by molar-refractivity contribution is 6.31. The highest BCUT2D eigenvalue weighted by Crippen LogP contribution is 2.20. The lowest BCUT2D eigenvalue weighted by Gasteiger charge is -2.06. The van der Waals surface area contributed by atoms with Gasteiger partial charge in [-0.25, -0.2) is 5.43 Å². The molecule has 2 aromatic carbocycles. The van der Waals surface area contributed by atoms with E-state index in [2.05, 4.69) is 10.5 Å². The third-order valence-corrected chi connectivity index (χ3v) is 3.36. The first-order valence-electron chi connectivity index (χ1n) is 7.08. The minimum atomic E-state index is -0.332.